The Morgan fingerprint density at radius 1 is 0.920 bits per heavy atom. The van der Waals surface area contributed by atoms with Crippen LogP contribution >= 0.6 is 0 Å². The van der Waals surface area contributed by atoms with Crippen LogP contribution in [0.2, 0.25) is 0 Å². The minimum absolute atomic E-state index is 0.0351. The molecule has 0 spiro atoms. The monoisotopic (exact) mass is 343 g/mol. The summed E-state index contributed by atoms with van der Waals surface area (Å²) in [5, 5.41) is 0. The van der Waals surface area contributed by atoms with Gasteiger partial charge in [0.05, 0.1) is 0 Å². The number of amides is 2. The molecule has 0 saturated carbocycles. The van der Waals surface area contributed by atoms with Crippen LogP contribution in [0.3, 0.4) is 0 Å². The fourth-order valence-corrected chi connectivity index (χ4v) is 3.82. The van der Waals surface area contributed by atoms with Gasteiger partial charge in [-0.3, -0.25) is 9.59 Å². The fraction of sp³-hybridized carbons (Fsp3) is 0.600. The van der Waals surface area contributed by atoms with E-state index in [0.29, 0.717) is 26.2 Å². The van der Waals surface area contributed by atoms with Gasteiger partial charge in [-0.25, -0.2) is 0 Å². The summed E-state index contributed by atoms with van der Waals surface area (Å²) in [5.74, 6) is -0.0861. The molecular formula is C20H29N3O2. The summed E-state index contributed by atoms with van der Waals surface area (Å²) < 4.78 is 0. The molecule has 25 heavy (non-hydrogen) atoms. The summed E-state index contributed by atoms with van der Waals surface area (Å²) in [5.41, 5.74) is 1.51. The highest BCUT2D eigenvalue weighted by Gasteiger charge is 2.42. The van der Waals surface area contributed by atoms with E-state index in [1.165, 1.54) is 11.1 Å². The summed E-state index contributed by atoms with van der Waals surface area (Å²) in [6.07, 6.45) is 0.862. The van der Waals surface area contributed by atoms with Crippen LogP contribution in [0.25, 0.3) is 0 Å². The summed E-state index contributed by atoms with van der Waals surface area (Å²) in [7, 11) is 0. The van der Waals surface area contributed by atoms with Gasteiger partial charge < -0.3 is 14.7 Å². The third kappa shape index (κ3) is 3.56. The van der Waals surface area contributed by atoms with Crippen LogP contribution in [0.1, 0.15) is 31.9 Å². The average molecular weight is 343 g/mol. The highest BCUT2D eigenvalue weighted by Crippen LogP contribution is 2.27. The summed E-state index contributed by atoms with van der Waals surface area (Å²) in [4.78, 5) is 32.2. The van der Waals surface area contributed by atoms with Gasteiger partial charge in [0.25, 0.3) is 0 Å². The lowest BCUT2D eigenvalue weighted by Gasteiger charge is -2.40. The van der Waals surface area contributed by atoms with Gasteiger partial charge in [-0.15, -0.1) is 0 Å². The Kier molecular flexibility index (Phi) is 5.13. The SMILES string of the molecule is CCN1CCN(C(=O)C(C)(C)C(=O)N2CCc3ccccc3C2)CC1. The molecule has 0 N–H and O–H groups in total. The highest BCUT2D eigenvalue weighted by atomic mass is 16.2. The van der Waals surface area contributed by atoms with Crippen molar-refractivity contribution in [3.8, 4) is 0 Å². The second-order valence-electron chi connectivity index (χ2n) is 7.60. The smallest absolute Gasteiger partial charge is 0.238 e. The number of hydrogen-bond donors (Lipinski definition) is 0. The number of rotatable bonds is 3. The van der Waals surface area contributed by atoms with Crippen molar-refractivity contribution in [2.45, 2.75) is 33.7 Å². The van der Waals surface area contributed by atoms with Crippen molar-refractivity contribution in [1.82, 2.24) is 14.7 Å². The van der Waals surface area contributed by atoms with Crippen molar-refractivity contribution in [1.29, 1.82) is 0 Å². The largest absolute Gasteiger partial charge is 0.339 e. The lowest BCUT2D eigenvalue weighted by atomic mass is 9.87. The molecule has 5 heteroatoms. The average Bonchev–Trinajstić information content (AvgIpc) is 2.66. The van der Waals surface area contributed by atoms with Crippen molar-refractivity contribution in [2.24, 2.45) is 5.41 Å². The first kappa shape index (κ1) is 17.9. The van der Waals surface area contributed by atoms with E-state index in [2.05, 4.69) is 24.0 Å². The lowest BCUT2D eigenvalue weighted by molar-refractivity contribution is -0.155. The molecule has 3 rings (SSSR count). The lowest BCUT2D eigenvalue weighted by Crippen LogP contribution is -2.56. The molecule has 0 atom stereocenters. The van der Waals surface area contributed by atoms with Crippen molar-refractivity contribution < 1.29 is 9.59 Å². The van der Waals surface area contributed by atoms with E-state index in [1.807, 2.05) is 21.9 Å². The van der Waals surface area contributed by atoms with Crippen LogP contribution in [-0.2, 0) is 22.6 Å². The zero-order valence-corrected chi connectivity index (χ0v) is 15.6. The number of nitrogens with zero attached hydrogens (tertiary/aromatic N) is 3. The third-order valence-corrected chi connectivity index (χ3v) is 5.59. The molecule has 136 valence electrons. The molecule has 2 aliphatic rings. The number of carbonyl (C=O) groups excluding carboxylic acids is 2. The van der Waals surface area contributed by atoms with Crippen molar-refractivity contribution in [3.05, 3.63) is 35.4 Å². The van der Waals surface area contributed by atoms with Gasteiger partial charge in [0, 0.05) is 39.3 Å². The maximum atomic E-state index is 13.1. The maximum absolute atomic E-state index is 13.1. The molecule has 2 heterocycles. The number of hydrogen-bond acceptors (Lipinski definition) is 3. The number of piperazine rings is 1. The molecule has 5 nitrogen and oxygen atoms in total. The Bertz CT molecular complexity index is 648. The van der Waals surface area contributed by atoms with Gasteiger partial charge in [0.15, 0.2) is 0 Å². The quantitative estimate of drug-likeness (QED) is 0.786. The molecular weight excluding hydrogens is 314 g/mol. The Hall–Kier alpha value is -1.88. The molecule has 0 radical (unpaired) electrons. The Morgan fingerprint density at radius 3 is 2.16 bits per heavy atom. The van der Waals surface area contributed by atoms with E-state index >= 15 is 0 Å². The van der Waals surface area contributed by atoms with Gasteiger partial charge in [0.2, 0.25) is 11.8 Å². The zero-order chi connectivity index (χ0) is 18.0. The molecule has 0 bridgehead atoms. The Balaban J connectivity index is 1.67. The van der Waals surface area contributed by atoms with Crippen LogP contribution in [0, 0.1) is 5.41 Å². The second kappa shape index (κ2) is 7.16. The van der Waals surface area contributed by atoms with Crippen LogP contribution in [-0.4, -0.2) is 65.8 Å². The van der Waals surface area contributed by atoms with Crippen LogP contribution in [0.15, 0.2) is 24.3 Å². The van der Waals surface area contributed by atoms with Crippen molar-refractivity contribution in [3.63, 3.8) is 0 Å². The normalized spacial score (nSPS) is 18.8. The van der Waals surface area contributed by atoms with Crippen LogP contribution in [0.5, 0.6) is 0 Å². The molecule has 0 aliphatic carbocycles. The molecule has 2 amide bonds. The van der Waals surface area contributed by atoms with Gasteiger partial charge in [-0.05, 0) is 37.9 Å². The molecule has 0 aromatic heterocycles. The minimum atomic E-state index is -0.999. The maximum Gasteiger partial charge on any atom is 0.238 e. The predicted molar refractivity (Wildman–Crippen MR) is 98.0 cm³/mol. The zero-order valence-electron chi connectivity index (χ0n) is 15.6. The van der Waals surface area contributed by atoms with E-state index < -0.39 is 5.41 Å². The van der Waals surface area contributed by atoms with Gasteiger partial charge in [-0.2, -0.15) is 0 Å². The second-order valence-corrected chi connectivity index (χ2v) is 7.60. The van der Waals surface area contributed by atoms with E-state index in [4.69, 9.17) is 0 Å². The van der Waals surface area contributed by atoms with Crippen LogP contribution < -0.4 is 0 Å². The van der Waals surface area contributed by atoms with E-state index in [1.54, 1.807) is 13.8 Å². The summed E-state index contributed by atoms with van der Waals surface area (Å²) >= 11 is 0. The van der Waals surface area contributed by atoms with Crippen molar-refractivity contribution in [2.75, 3.05) is 39.3 Å². The van der Waals surface area contributed by atoms with E-state index in [0.717, 1.165) is 26.1 Å². The third-order valence-electron chi connectivity index (χ3n) is 5.59. The Morgan fingerprint density at radius 2 is 1.52 bits per heavy atom. The molecule has 1 saturated heterocycles. The predicted octanol–water partition coefficient (Wildman–Crippen LogP) is 1.76. The molecule has 0 unspecified atom stereocenters. The first-order valence-electron chi connectivity index (χ1n) is 9.31. The van der Waals surface area contributed by atoms with Gasteiger partial charge in [-0.1, -0.05) is 31.2 Å². The first-order chi connectivity index (χ1) is 11.9. The van der Waals surface area contributed by atoms with Crippen LogP contribution in [0.4, 0.5) is 0 Å². The summed E-state index contributed by atoms with van der Waals surface area (Å²) in [6, 6.07) is 8.25. The molecule has 1 fully saturated rings. The molecule has 1 aromatic rings. The standard InChI is InChI=1S/C20H29N3O2/c1-4-21-11-13-22(14-12-21)18(24)20(2,3)19(25)23-10-9-16-7-5-6-8-17(16)15-23/h5-8H,4,9-15H2,1-3H3. The number of fused-ring (bicyclic) bond motifs is 1. The number of benzene rings is 1. The number of likely N-dealkylation sites (N-methyl/N-ethyl adjacent to an activating group) is 1. The van der Waals surface area contributed by atoms with Gasteiger partial charge >= 0.3 is 0 Å². The first-order valence-corrected chi connectivity index (χ1v) is 9.31. The number of carbonyl (C=O) groups is 2. The highest BCUT2D eigenvalue weighted by molar-refractivity contribution is 6.04. The van der Waals surface area contributed by atoms with E-state index in [9.17, 15) is 9.59 Å². The molecule has 2 aliphatic heterocycles. The van der Waals surface area contributed by atoms with E-state index in [-0.39, 0.29) is 11.8 Å². The van der Waals surface area contributed by atoms with Crippen molar-refractivity contribution >= 4 is 11.8 Å². The van der Waals surface area contributed by atoms with Gasteiger partial charge in [0.1, 0.15) is 5.41 Å². The topological polar surface area (TPSA) is 43.9 Å². The fourth-order valence-electron chi connectivity index (χ4n) is 3.82. The molecule has 1 aromatic carbocycles. The minimum Gasteiger partial charge on any atom is -0.339 e. The summed E-state index contributed by atoms with van der Waals surface area (Å²) in [6.45, 7) is 11.2. The Labute approximate surface area is 150 Å².